The Morgan fingerprint density at radius 1 is 1.28 bits per heavy atom. The molecule has 0 radical (unpaired) electrons. The molecule has 0 bridgehead atoms. The summed E-state index contributed by atoms with van der Waals surface area (Å²) in [4.78, 5) is 6.74. The van der Waals surface area contributed by atoms with E-state index in [-0.39, 0.29) is 5.41 Å². The summed E-state index contributed by atoms with van der Waals surface area (Å²) >= 11 is 0. The van der Waals surface area contributed by atoms with Gasteiger partial charge in [0.1, 0.15) is 5.52 Å². The molecule has 0 saturated carbocycles. The lowest BCUT2D eigenvalue weighted by Gasteiger charge is -2.22. The van der Waals surface area contributed by atoms with Crippen molar-refractivity contribution in [2.75, 3.05) is 24.5 Å². The first-order chi connectivity index (χ1) is 8.70. The molecular formula is C13H17N5. The zero-order valence-corrected chi connectivity index (χ0v) is 10.5. The van der Waals surface area contributed by atoms with E-state index in [9.17, 15) is 0 Å². The number of hydrogen-bond donors (Lipinski definition) is 1. The van der Waals surface area contributed by atoms with Gasteiger partial charge in [-0.2, -0.15) is 0 Å². The quantitative estimate of drug-likeness (QED) is 0.858. The fraction of sp³-hybridized carbons (Fsp3) is 0.462. The van der Waals surface area contributed by atoms with Crippen LogP contribution in [0.2, 0.25) is 0 Å². The summed E-state index contributed by atoms with van der Waals surface area (Å²) in [5.41, 5.74) is 7.72. The van der Waals surface area contributed by atoms with Gasteiger partial charge < -0.3 is 10.6 Å². The number of benzene rings is 1. The van der Waals surface area contributed by atoms with E-state index in [2.05, 4.69) is 27.0 Å². The molecule has 5 nitrogen and oxygen atoms in total. The summed E-state index contributed by atoms with van der Waals surface area (Å²) in [5, 5.41) is 8.43. The van der Waals surface area contributed by atoms with Gasteiger partial charge in [-0.1, -0.05) is 19.1 Å². The summed E-state index contributed by atoms with van der Waals surface area (Å²) in [7, 11) is 0. The highest BCUT2D eigenvalue weighted by Gasteiger charge is 2.33. The van der Waals surface area contributed by atoms with Crippen molar-refractivity contribution in [2.45, 2.75) is 13.3 Å². The minimum atomic E-state index is 0.176. The van der Waals surface area contributed by atoms with E-state index in [1.54, 1.807) is 0 Å². The summed E-state index contributed by atoms with van der Waals surface area (Å²) in [6.07, 6.45) is 1.08. The second kappa shape index (κ2) is 4.17. The van der Waals surface area contributed by atoms with E-state index in [0.717, 1.165) is 30.5 Å². The van der Waals surface area contributed by atoms with Gasteiger partial charge in [-0.05, 0) is 30.5 Å². The Hall–Kier alpha value is -1.75. The van der Waals surface area contributed by atoms with Gasteiger partial charge in [0.05, 0.1) is 5.52 Å². The first-order valence-corrected chi connectivity index (χ1v) is 6.25. The summed E-state index contributed by atoms with van der Waals surface area (Å²) < 4.78 is 0. The molecule has 1 atom stereocenters. The zero-order chi connectivity index (χ0) is 12.6. The van der Waals surface area contributed by atoms with Crippen LogP contribution in [0, 0.1) is 5.41 Å². The SMILES string of the molecule is CC1(CN)CCN(c2nnc3ccccc3n2)C1. The van der Waals surface area contributed by atoms with Gasteiger partial charge in [0.25, 0.3) is 0 Å². The molecule has 94 valence electrons. The number of rotatable bonds is 2. The van der Waals surface area contributed by atoms with Crippen LogP contribution in [-0.4, -0.2) is 34.8 Å². The molecule has 1 fully saturated rings. The summed E-state index contributed by atoms with van der Waals surface area (Å²) in [6, 6.07) is 7.80. The van der Waals surface area contributed by atoms with E-state index in [1.165, 1.54) is 0 Å². The monoisotopic (exact) mass is 243 g/mol. The smallest absolute Gasteiger partial charge is 0.245 e. The zero-order valence-electron chi connectivity index (χ0n) is 10.5. The Morgan fingerprint density at radius 2 is 2.06 bits per heavy atom. The second-order valence-corrected chi connectivity index (χ2v) is 5.29. The lowest BCUT2D eigenvalue weighted by atomic mass is 9.90. The van der Waals surface area contributed by atoms with Crippen LogP contribution in [0.1, 0.15) is 13.3 Å². The van der Waals surface area contributed by atoms with E-state index in [1.807, 2.05) is 24.3 Å². The van der Waals surface area contributed by atoms with Crippen LogP contribution >= 0.6 is 0 Å². The molecule has 2 heterocycles. The third kappa shape index (κ3) is 1.90. The predicted octanol–water partition coefficient (Wildman–Crippen LogP) is 1.20. The minimum Gasteiger partial charge on any atom is -0.339 e. The van der Waals surface area contributed by atoms with Crippen LogP contribution in [0.5, 0.6) is 0 Å². The van der Waals surface area contributed by atoms with E-state index < -0.39 is 0 Å². The van der Waals surface area contributed by atoms with Gasteiger partial charge in [0, 0.05) is 13.1 Å². The van der Waals surface area contributed by atoms with Gasteiger partial charge in [0.2, 0.25) is 5.95 Å². The molecule has 1 saturated heterocycles. The van der Waals surface area contributed by atoms with E-state index in [4.69, 9.17) is 5.73 Å². The van der Waals surface area contributed by atoms with Crippen LogP contribution < -0.4 is 10.6 Å². The van der Waals surface area contributed by atoms with Crippen molar-refractivity contribution < 1.29 is 0 Å². The van der Waals surface area contributed by atoms with Gasteiger partial charge >= 0.3 is 0 Å². The van der Waals surface area contributed by atoms with Crippen LogP contribution in [0.3, 0.4) is 0 Å². The molecule has 3 rings (SSSR count). The number of nitrogens with two attached hydrogens (primary N) is 1. The van der Waals surface area contributed by atoms with E-state index >= 15 is 0 Å². The fourth-order valence-electron chi connectivity index (χ4n) is 2.37. The number of nitrogens with zero attached hydrogens (tertiary/aromatic N) is 4. The molecular weight excluding hydrogens is 226 g/mol. The molecule has 1 aromatic carbocycles. The Kier molecular flexibility index (Phi) is 2.63. The van der Waals surface area contributed by atoms with Crippen molar-refractivity contribution in [3.8, 4) is 0 Å². The van der Waals surface area contributed by atoms with Crippen molar-refractivity contribution in [3.63, 3.8) is 0 Å². The van der Waals surface area contributed by atoms with Crippen molar-refractivity contribution in [3.05, 3.63) is 24.3 Å². The number of fused-ring (bicyclic) bond motifs is 1. The molecule has 0 spiro atoms. The maximum absolute atomic E-state index is 5.82. The normalized spacial score (nSPS) is 23.8. The Bertz CT molecular complexity index is 570. The van der Waals surface area contributed by atoms with Crippen molar-refractivity contribution >= 4 is 17.0 Å². The van der Waals surface area contributed by atoms with E-state index in [0.29, 0.717) is 12.5 Å². The third-order valence-electron chi connectivity index (χ3n) is 3.68. The Balaban J connectivity index is 1.91. The van der Waals surface area contributed by atoms with Gasteiger partial charge in [-0.3, -0.25) is 0 Å². The number of hydrogen-bond acceptors (Lipinski definition) is 5. The first-order valence-electron chi connectivity index (χ1n) is 6.25. The van der Waals surface area contributed by atoms with Gasteiger partial charge in [0.15, 0.2) is 0 Å². The third-order valence-corrected chi connectivity index (χ3v) is 3.68. The topological polar surface area (TPSA) is 67.9 Å². The number of anilines is 1. The maximum atomic E-state index is 5.82. The Labute approximate surface area is 106 Å². The van der Waals surface area contributed by atoms with Crippen LogP contribution in [0.4, 0.5) is 5.95 Å². The Morgan fingerprint density at radius 3 is 2.78 bits per heavy atom. The molecule has 1 aliphatic heterocycles. The highest BCUT2D eigenvalue weighted by molar-refractivity contribution is 5.74. The number of para-hydroxylation sites is 1. The molecule has 1 aromatic heterocycles. The molecule has 5 heteroatoms. The van der Waals surface area contributed by atoms with Crippen molar-refractivity contribution in [1.29, 1.82) is 0 Å². The molecule has 1 unspecified atom stereocenters. The van der Waals surface area contributed by atoms with Crippen LogP contribution in [0.25, 0.3) is 11.0 Å². The molecule has 0 amide bonds. The average molecular weight is 243 g/mol. The van der Waals surface area contributed by atoms with Crippen LogP contribution in [0.15, 0.2) is 24.3 Å². The molecule has 18 heavy (non-hydrogen) atoms. The fourth-order valence-corrected chi connectivity index (χ4v) is 2.37. The molecule has 2 N–H and O–H groups in total. The number of aromatic nitrogens is 3. The maximum Gasteiger partial charge on any atom is 0.245 e. The first kappa shape index (κ1) is 11.3. The highest BCUT2D eigenvalue weighted by Crippen LogP contribution is 2.30. The van der Waals surface area contributed by atoms with Crippen molar-refractivity contribution in [2.24, 2.45) is 11.1 Å². The predicted molar refractivity (Wildman–Crippen MR) is 71.3 cm³/mol. The standard InChI is InChI=1S/C13H17N5/c1-13(8-14)6-7-18(9-13)12-15-10-4-2-3-5-11(10)16-17-12/h2-5H,6-9,14H2,1H3. The minimum absolute atomic E-state index is 0.176. The second-order valence-electron chi connectivity index (χ2n) is 5.29. The average Bonchev–Trinajstić information content (AvgIpc) is 2.82. The summed E-state index contributed by atoms with van der Waals surface area (Å²) in [6.45, 7) is 4.77. The largest absolute Gasteiger partial charge is 0.339 e. The highest BCUT2D eigenvalue weighted by atomic mass is 15.3. The lowest BCUT2D eigenvalue weighted by molar-refractivity contribution is 0.383. The van der Waals surface area contributed by atoms with Gasteiger partial charge in [-0.25, -0.2) is 4.98 Å². The molecule has 2 aromatic rings. The van der Waals surface area contributed by atoms with Crippen molar-refractivity contribution in [1.82, 2.24) is 15.2 Å². The van der Waals surface area contributed by atoms with Crippen LogP contribution in [-0.2, 0) is 0 Å². The molecule has 1 aliphatic rings. The molecule has 0 aliphatic carbocycles. The summed E-state index contributed by atoms with van der Waals surface area (Å²) in [5.74, 6) is 0.714. The lowest BCUT2D eigenvalue weighted by Crippen LogP contribution is -2.32. The van der Waals surface area contributed by atoms with Gasteiger partial charge in [-0.15, -0.1) is 10.2 Å².